The van der Waals surface area contributed by atoms with Crippen LogP contribution in [0.3, 0.4) is 0 Å². The van der Waals surface area contributed by atoms with Crippen molar-refractivity contribution in [1.82, 2.24) is 30.5 Å². The van der Waals surface area contributed by atoms with Crippen LogP contribution in [-0.4, -0.2) is 91.8 Å². The van der Waals surface area contributed by atoms with E-state index in [1.165, 1.54) is 22.9 Å². The monoisotopic (exact) mass is 729 g/mol. The molecule has 1 saturated heterocycles. The van der Waals surface area contributed by atoms with Gasteiger partial charge in [-0.2, -0.15) is 0 Å². The quantitative estimate of drug-likeness (QED) is 0.202. The Labute approximate surface area is 309 Å². The van der Waals surface area contributed by atoms with E-state index >= 15 is 4.79 Å². The van der Waals surface area contributed by atoms with Crippen molar-refractivity contribution in [3.63, 3.8) is 0 Å². The van der Waals surface area contributed by atoms with Crippen molar-refractivity contribution in [2.24, 2.45) is 11.7 Å². The number of hydrogen-bond acceptors (Lipinski definition) is 9. The Morgan fingerprint density at radius 2 is 1.68 bits per heavy atom. The minimum Gasteiger partial charge on any atom is -0.384 e. The van der Waals surface area contributed by atoms with Gasteiger partial charge < -0.3 is 31.1 Å². The fourth-order valence-electron chi connectivity index (χ4n) is 8.61. The summed E-state index contributed by atoms with van der Waals surface area (Å²) >= 11 is 0. The lowest BCUT2D eigenvalue weighted by molar-refractivity contribution is -0.147. The first-order chi connectivity index (χ1) is 25.3. The smallest absolute Gasteiger partial charge is 0.287 e. The molecule has 14 nitrogen and oxygen atoms in total. The number of fused-ring (bicyclic) bond motifs is 1. The predicted octanol–water partition coefficient (Wildman–Crippen LogP) is 3.07. The molecule has 2 aromatic carbocycles. The molecule has 4 atom stereocenters. The molecule has 0 radical (unpaired) electrons. The molecule has 3 aliphatic rings. The third-order valence-corrected chi connectivity index (χ3v) is 11.4. The van der Waals surface area contributed by atoms with Crippen LogP contribution < -0.4 is 16.4 Å². The zero-order chi connectivity index (χ0) is 37.9. The Bertz CT molecular complexity index is 1840. The van der Waals surface area contributed by atoms with Gasteiger partial charge in [0, 0.05) is 19.2 Å². The molecule has 53 heavy (non-hydrogen) atoms. The molecule has 1 aliphatic heterocycles. The summed E-state index contributed by atoms with van der Waals surface area (Å²) in [6.45, 7) is 3.08. The Balaban J connectivity index is 1.38. The summed E-state index contributed by atoms with van der Waals surface area (Å²) in [7, 11) is 1.42. The number of amides is 4. The number of nitrogens with zero attached hydrogens (tertiary/aromatic N) is 4. The molecule has 2 heterocycles. The number of aliphatic hydroxyl groups is 1. The van der Waals surface area contributed by atoms with Gasteiger partial charge in [-0.15, -0.1) is 5.10 Å². The van der Waals surface area contributed by atoms with Crippen LogP contribution in [-0.2, 0) is 29.5 Å². The van der Waals surface area contributed by atoms with Gasteiger partial charge in [0.15, 0.2) is 0 Å². The van der Waals surface area contributed by atoms with E-state index in [9.17, 15) is 24.3 Å². The van der Waals surface area contributed by atoms with Gasteiger partial charge in [0.25, 0.3) is 11.8 Å². The minimum absolute atomic E-state index is 0.0777. The Morgan fingerprint density at radius 1 is 1.00 bits per heavy atom. The van der Waals surface area contributed by atoms with Gasteiger partial charge in [-0.1, -0.05) is 86.9 Å². The first kappa shape index (κ1) is 38.0. The molecule has 14 heteroatoms. The van der Waals surface area contributed by atoms with Crippen molar-refractivity contribution < 1.29 is 33.8 Å². The number of primary amides is 1. The van der Waals surface area contributed by atoms with Gasteiger partial charge in [0.2, 0.25) is 17.6 Å². The normalized spacial score (nSPS) is 22.6. The largest absolute Gasteiger partial charge is 0.384 e. The molecule has 4 amide bonds. The van der Waals surface area contributed by atoms with E-state index in [0.717, 1.165) is 49.3 Å². The number of nitrogens with one attached hydrogen (secondary N) is 2. The highest BCUT2D eigenvalue weighted by Gasteiger charge is 2.54. The number of ketones is 1. The zero-order valence-corrected chi connectivity index (χ0v) is 30.8. The maximum absolute atomic E-state index is 15.0. The summed E-state index contributed by atoms with van der Waals surface area (Å²) in [5, 5.41) is 27.1. The third-order valence-electron chi connectivity index (χ3n) is 11.4. The summed E-state index contributed by atoms with van der Waals surface area (Å²) in [4.78, 5) is 70.6. The molecule has 3 fully saturated rings. The number of nitrogens with two attached hydrogens (primary N) is 1. The number of Topliss-reactive ketones (excluding diaryl/α,β-unsaturated/α-hetero) is 1. The third kappa shape index (κ3) is 7.98. The van der Waals surface area contributed by atoms with Crippen molar-refractivity contribution in [1.29, 1.82) is 0 Å². The van der Waals surface area contributed by atoms with Gasteiger partial charge in [0.05, 0.1) is 11.9 Å². The van der Waals surface area contributed by atoms with Crippen LogP contribution in [0.25, 0.3) is 10.8 Å². The van der Waals surface area contributed by atoms with E-state index < -0.39 is 64.8 Å². The number of hydrogen-bond donors (Lipinski definition) is 4. The molecule has 1 unspecified atom stereocenters. The van der Waals surface area contributed by atoms with Crippen LogP contribution in [0.1, 0.15) is 107 Å². The number of benzene rings is 2. The molecular formula is C39H51N7O7. The van der Waals surface area contributed by atoms with Crippen molar-refractivity contribution in [3.05, 3.63) is 59.9 Å². The van der Waals surface area contributed by atoms with Crippen LogP contribution in [0.5, 0.6) is 0 Å². The minimum atomic E-state index is -1.52. The number of aromatic nitrogens is 3. The molecule has 3 aromatic rings. The van der Waals surface area contributed by atoms with Gasteiger partial charge in [-0.3, -0.25) is 24.0 Å². The second-order valence-electron chi connectivity index (χ2n) is 15.5. The van der Waals surface area contributed by atoms with E-state index in [4.69, 9.17) is 10.5 Å². The lowest BCUT2D eigenvalue weighted by Crippen LogP contribution is -2.64. The maximum atomic E-state index is 15.0. The second-order valence-corrected chi connectivity index (χ2v) is 15.5. The molecule has 0 bridgehead atoms. The van der Waals surface area contributed by atoms with Crippen molar-refractivity contribution in [2.45, 2.75) is 120 Å². The predicted molar refractivity (Wildman–Crippen MR) is 195 cm³/mol. The first-order valence-corrected chi connectivity index (χ1v) is 18.7. The standard InChI is InChI=1S/C39H51N7O7/c1-38(2,52)30-22-41-44-46(30)29-23-45(31(32(29)53-3)36(50)43-39(33(47)34(40)48)18-10-5-11-19-39)37(51)28(20-24-12-6-4-7-13-24)42-35(49)27-17-16-25-14-8-9-15-26(25)21-27/h8-9,14-17,21-22,24,28-29,31-32,52H,4-7,10-13,18-20,23H2,1-3H3,(H2,40,48)(H,42,49)(H,43,50)/t28?,29-,31+,32+/m1/s1. The Morgan fingerprint density at radius 3 is 2.34 bits per heavy atom. The summed E-state index contributed by atoms with van der Waals surface area (Å²) < 4.78 is 7.46. The molecule has 0 spiro atoms. The molecule has 2 saturated carbocycles. The Kier molecular flexibility index (Phi) is 11.3. The van der Waals surface area contributed by atoms with Crippen LogP contribution in [0, 0.1) is 5.92 Å². The van der Waals surface area contributed by atoms with E-state index in [1.54, 1.807) is 26.0 Å². The fourth-order valence-corrected chi connectivity index (χ4v) is 8.61. The number of carbonyl (C=O) groups is 5. The number of methoxy groups -OCH3 is 1. The highest BCUT2D eigenvalue weighted by atomic mass is 16.5. The SMILES string of the molecule is CO[C@@H]1[C@@H](C(=O)NC2(C(=O)C(N)=O)CCCCC2)N(C(=O)C(CC2CCCCC2)NC(=O)c2ccc3ccccc3c2)C[C@H]1n1nncc1C(C)(C)O. The van der Waals surface area contributed by atoms with Gasteiger partial charge in [-0.25, -0.2) is 4.68 Å². The first-order valence-electron chi connectivity index (χ1n) is 18.7. The van der Waals surface area contributed by atoms with Gasteiger partial charge in [-0.05, 0) is 61.9 Å². The van der Waals surface area contributed by atoms with Crippen LogP contribution in [0.2, 0.25) is 0 Å². The van der Waals surface area contributed by atoms with Crippen LogP contribution >= 0.6 is 0 Å². The Hall–Kier alpha value is -4.69. The number of carbonyl (C=O) groups excluding carboxylic acids is 5. The topological polar surface area (TPSA) is 199 Å². The van der Waals surface area contributed by atoms with E-state index in [1.807, 2.05) is 30.3 Å². The van der Waals surface area contributed by atoms with E-state index in [-0.39, 0.29) is 25.3 Å². The van der Waals surface area contributed by atoms with E-state index in [0.29, 0.717) is 30.5 Å². The van der Waals surface area contributed by atoms with Crippen LogP contribution in [0.15, 0.2) is 48.7 Å². The number of likely N-dealkylation sites (tertiary alicyclic amines) is 1. The lowest BCUT2D eigenvalue weighted by atomic mass is 9.78. The summed E-state index contributed by atoms with van der Waals surface area (Å²) in [6.07, 6.45) is 8.22. The van der Waals surface area contributed by atoms with Crippen molar-refractivity contribution >= 4 is 40.2 Å². The fraction of sp³-hybridized carbons (Fsp3) is 0.564. The van der Waals surface area contributed by atoms with Crippen LogP contribution in [0.4, 0.5) is 0 Å². The summed E-state index contributed by atoms with van der Waals surface area (Å²) in [5.74, 6) is -3.45. The lowest BCUT2D eigenvalue weighted by Gasteiger charge is -2.38. The van der Waals surface area contributed by atoms with Crippen molar-refractivity contribution in [2.75, 3.05) is 13.7 Å². The maximum Gasteiger partial charge on any atom is 0.287 e. The zero-order valence-electron chi connectivity index (χ0n) is 30.8. The molecular weight excluding hydrogens is 678 g/mol. The highest BCUT2D eigenvalue weighted by molar-refractivity contribution is 6.39. The molecule has 1 aromatic heterocycles. The molecule has 2 aliphatic carbocycles. The number of rotatable bonds is 12. The van der Waals surface area contributed by atoms with E-state index in [2.05, 4.69) is 20.9 Å². The molecule has 6 rings (SSSR count). The average Bonchev–Trinajstić information content (AvgIpc) is 3.80. The van der Waals surface area contributed by atoms with Crippen molar-refractivity contribution in [3.8, 4) is 0 Å². The van der Waals surface area contributed by atoms with Gasteiger partial charge >= 0.3 is 0 Å². The molecule has 5 N–H and O–H groups in total. The highest BCUT2D eigenvalue weighted by Crippen LogP contribution is 2.37. The van der Waals surface area contributed by atoms with Gasteiger partial charge in [0.1, 0.15) is 35.4 Å². The summed E-state index contributed by atoms with van der Waals surface area (Å²) in [5.41, 5.74) is 3.33. The average molecular weight is 730 g/mol. The second kappa shape index (κ2) is 15.7. The summed E-state index contributed by atoms with van der Waals surface area (Å²) in [6, 6.07) is 9.99. The number of ether oxygens (including phenoxy) is 1. The molecule has 284 valence electrons.